The molecule has 1 aliphatic rings. The third-order valence-corrected chi connectivity index (χ3v) is 4.78. The lowest BCUT2D eigenvalue weighted by atomic mass is 9.78. The van der Waals surface area contributed by atoms with E-state index in [1.165, 1.54) is 31.2 Å². The Balaban J connectivity index is 1.76. The Morgan fingerprint density at radius 2 is 1.82 bits per heavy atom. The first-order valence-corrected chi connectivity index (χ1v) is 8.57. The third-order valence-electron chi connectivity index (χ3n) is 4.78. The highest BCUT2D eigenvalue weighted by molar-refractivity contribution is 5.73. The van der Waals surface area contributed by atoms with E-state index in [1.54, 1.807) is 0 Å². The van der Waals surface area contributed by atoms with Crippen LogP contribution in [0.4, 0.5) is 0 Å². The number of hydrogen-bond donors (Lipinski definition) is 2. The number of carboxylic acid groups (broad SMARTS) is 1. The summed E-state index contributed by atoms with van der Waals surface area (Å²) < 4.78 is 0. The Bertz CT molecular complexity index is 450. The summed E-state index contributed by atoms with van der Waals surface area (Å²) >= 11 is 0. The van der Waals surface area contributed by atoms with Gasteiger partial charge in [0, 0.05) is 0 Å². The molecule has 0 heterocycles. The van der Waals surface area contributed by atoms with E-state index in [4.69, 9.17) is 0 Å². The molecule has 1 saturated carbocycles. The fourth-order valence-corrected chi connectivity index (χ4v) is 3.48. The minimum Gasteiger partial charge on any atom is -0.480 e. The van der Waals surface area contributed by atoms with Gasteiger partial charge in [-0.1, -0.05) is 44.2 Å². The van der Waals surface area contributed by atoms with Gasteiger partial charge in [-0.3, -0.25) is 4.79 Å². The molecule has 0 spiro atoms. The molecule has 1 aromatic rings. The molecule has 122 valence electrons. The normalized spacial score (nSPS) is 23.4. The molecule has 3 heteroatoms. The highest BCUT2D eigenvalue weighted by Crippen LogP contribution is 2.35. The molecule has 0 bridgehead atoms. The molecule has 22 heavy (non-hydrogen) atoms. The standard InChI is InChI=1S/C19H29NO2/c1-14(2)12-18(19(21)22)20-13-15-8-10-17(11-9-15)16-6-4-3-5-7-16/h3-7,14-15,17-18,20H,8-13H2,1-2H3,(H,21,22)/t15?,17?,18-/m0/s1. The van der Waals surface area contributed by atoms with E-state index in [0.717, 1.165) is 6.54 Å². The van der Waals surface area contributed by atoms with E-state index in [1.807, 2.05) is 0 Å². The van der Waals surface area contributed by atoms with Crippen molar-refractivity contribution in [1.82, 2.24) is 5.32 Å². The fourth-order valence-electron chi connectivity index (χ4n) is 3.48. The summed E-state index contributed by atoms with van der Waals surface area (Å²) in [4.78, 5) is 11.3. The van der Waals surface area contributed by atoms with Gasteiger partial charge in [-0.2, -0.15) is 0 Å². The second kappa shape index (κ2) is 8.33. The molecule has 2 N–H and O–H groups in total. The van der Waals surface area contributed by atoms with Crippen molar-refractivity contribution in [3.8, 4) is 0 Å². The average molecular weight is 303 g/mol. The Labute approximate surface area is 134 Å². The quantitative estimate of drug-likeness (QED) is 0.799. The number of aliphatic carboxylic acids is 1. The van der Waals surface area contributed by atoms with Crippen LogP contribution in [-0.4, -0.2) is 23.7 Å². The number of carbonyl (C=O) groups is 1. The van der Waals surface area contributed by atoms with Gasteiger partial charge in [0.05, 0.1) is 0 Å². The highest BCUT2D eigenvalue weighted by atomic mass is 16.4. The topological polar surface area (TPSA) is 49.3 Å². The zero-order valence-corrected chi connectivity index (χ0v) is 13.8. The molecule has 1 aromatic carbocycles. The van der Waals surface area contributed by atoms with E-state index >= 15 is 0 Å². The fraction of sp³-hybridized carbons (Fsp3) is 0.632. The number of benzene rings is 1. The summed E-state index contributed by atoms with van der Waals surface area (Å²) in [5.74, 6) is 0.992. The predicted molar refractivity (Wildman–Crippen MR) is 90.0 cm³/mol. The van der Waals surface area contributed by atoms with Crippen molar-refractivity contribution in [2.45, 2.75) is 57.9 Å². The van der Waals surface area contributed by atoms with Crippen LogP contribution >= 0.6 is 0 Å². The van der Waals surface area contributed by atoms with Crippen LogP contribution in [0.3, 0.4) is 0 Å². The van der Waals surface area contributed by atoms with Crippen LogP contribution in [0.25, 0.3) is 0 Å². The van der Waals surface area contributed by atoms with Crippen molar-refractivity contribution in [2.24, 2.45) is 11.8 Å². The molecule has 0 aliphatic heterocycles. The van der Waals surface area contributed by atoms with Crippen molar-refractivity contribution >= 4 is 5.97 Å². The molecule has 2 rings (SSSR count). The van der Waals surface area contributed by atoms with Crippen LogP contribution in [0.5, 0.6) is 0 Å². The van der Waals surface area contributed by atoms with Crippen LogP contribution in [0, 0.1) is 11.8 Å². The van der Waals surface area contributed by atoms with Gasteiger partial charge in [0.1, 0.15) is 6.04 Å². The molecule has 3 nitrogen and oxygen atoms in total. The second-order valence-corrected chi connectivity index (χ2v) is 7.06. The second-order valence-electron chi connectivity index (χ2n) is 7.06. The van der Waals surface area contributed by atoms with Crippen molar-refractivity contribution in [2.75, 3.05) is 6.54 Å². The lowest BCUT2D eigenvalue weighted by Crippen LogP contribution is -2.40. The molecule has 0 amide bonds. The molecule has 0 radical (unpaired) electrons. The number of hydrogen-bond acceptors (Lipinski definition) is 2. The minimum absolute atomic E-state index is 0.396. The van der Waals surface area contributed by atoms with E-state index in [9.17, 15) is 9.90 Å². The maximum Gasteiger partial charge on any atom is 0.320 e. The van der Waals surface area contributed by atoms with Gasteiger partial charge in [0.25, 0.3) is 0 Å². The Morgan fingerprint density at radius 3 is 2.36 bits per heavy atom. The van der Waals surface area contributed by atoms with Gasteiger partial charge in [-0.05, 0) is 62.0 Å². The van der Waals surface area contributed by atoms with Gasteiger partial charge in [-0.25, -0.2) is 0 Å². The third kappa shape index (κ3) is 5.13. The lowest BCUT2D eigenvalue weighted by molar-refractivity contribution is -0.140. The van der Waals surface area contributed by atoms with Crippen LogP contribution in [0.2, 0.25) is 0 Å². The summed E-state index contributed by atoms with van der Waals surface area (Å²) in [6.45, 7) is 4.98. The molecular weight excluding hydrogens is 274 g/mol. The van der Waals surface area contributed by atoms with Crippen molar-refractivity contribution in [3.63, 3.8) is 0 Å². The van der Waals surface area contributed by atoms with Gasteiger partial charge >= 0.3 is 5.97 Å². The first-order valence-electron chi connectivity index (χ1n) is 8.57. The summed E-state index contributed by atoms with van der Waals surface area (Å²) in [7, 11) is 0. The monoisotopic (exact) mass is 303 g/mol. The van der Waals surface area contributed by atoms with Gasteiger partial charge < -0.3 is 10.4 Å². The first-order chi connectivity index (χ1) is 10.6. The molecule has 0 unspecified atom stereocenters. The minimum atomic E-state index is -0.716. The highest BCUT2D eigenvalue weighted by Gasteiger charge is 2.24. The summed E-state index contributed by atoms with van der Waals surface area (Å²) in [6, 6.07) is 10.4. The number of rotatable bonds is 7. The van der Waals surface area contributed by atoms with Gasteiger partial charge in [-0.15, -0.1) is 0 Å². The predicted octanol–water partition coefficient (Wildman–Crippen LogP) is 4.05. The summed E-state index contributed by atoms with van der Waals surface area (Å²) in [5.41, 5.74) is 1.46. The van der Waals surface area contributed by atoms with Crippen LogP contribution in [-0.2, 0) is 4.79 Å². The number of carboxylic acids is 1. The molecule has 1 fully saturated rings. The van der Waals surface area contributed by atoms with E-state index < -0.39 is 12.0 Å². The Hall–Kier alpha value is -1.35. The van der Waals surface area contributed by atoms with E-state index in [0.29, 0.717) is 24.2 Å². The average Bonchev–Trinajstić information content (AvgIpc) is 2.52. The van der Waals surface area contributed by atoms with E-state index in [-0.39, 0.29) is 0 Å². The lowest BCUT2D eigenvalue weighted by Gasteiger charge is -2.30. The zero-order valence-electron chi connectivity index (χ0n) is 13.8. The van der Waals surface area contributed by atoms with E-state index in [2.05, 4.69) is 49.5 Å². The van der Waals surface area contributed by atoms with Gasteiger partial charge in [0.15, 0.2) is 0 Å². The molecular formula is C19H29NO2. The SMILES string of the molecule is CC(C)C[C@H](NCC1CCC(c2ccccc2)CC1)C(=O)O. The Kier molecular flexibility index (Phi) is 6.44. The zero-order chi connectivity index (χ0) is 15.9. The number of nitrogens with one attached hydrogen (secondary N) is 1. The molecule has 1 aliphatic carbocycles. The molecule has 0 aromatic heterocycles. The smallest absolute Gasteiger partial charge is 0.320 e. The van der Waals surface area contributed by atoms with Crippen molar-refractivity contribution in [1.29, 1.82) is 0 Å². The maximum atomic E-state index is 11.3. The van der Waals surface area contributed by atoms with Crippen LogP contribution in [0.15, 0.2) is 30.3 Å². The van der Waals surface area contributed by atoms with Crippen molar-refractivity contribution < 1.29 is 9.90 Å². The first kappa shape index (κ1) is 17.0. The maximum absolute atomic E-state index is 11.3. The molecule has 0 saturated heterocycles. The summed E-state index contributed by atoms with van der Waals surface area (Å²) in [5, 5.41) is 12.6. The van der Waals surface area contributed by atoms with Crippen LogP contribution in [0.1, 0.15) is 57.4 Å². The molecule has 1 atom stereocenters. The Morgan fingerprint density at radius 1 is 1.18 bits per heavy atom. The van der Waals surface area contributed by atoms with Crippen LogP contribution < -0.4 is 5.32 Å². The summed E-state index contributed by atoms with van der Waals surface area (Å²) in [6.07, 6.45) is 5.53. The van der Waals surface area contributed by atoms with Crippen molar-refractivity contribution in [3.05, 3.63) is 35.9 Å². The largest absolute Gasteiger partial charge is 0.480 e. The van der Waals surface area contributed by atoms with Gasteiger partial charge in [0.2, 0.25) is 0 Å².